The van der Waals surface area contributed by atoms with Crippen molar-refractivity contribution in [1.82, 2.24) is 9.97 Å². The maximum atomic E-state index is 12.9. The van der Waals surface area contributed by atoms with Crippen LogP contribution in [0.3, 0.4) is 0 Å². The molecule has 0 unspecified atom stereocenters. The average molecular weight is 292 g/mol. The highest BCUT2D eigenvalue weighted by atomic mass is 19.1. The molecule has 0 spiro atoms. The second kappa shape index (κ2) is 6.09. The molecule has 8 nitrogen and oxygen atoms in total. The fraction of sp³-hybridized carbons (Fsp3) is 0.167. The van der Waals surface area contributed by atoms with Crippen LogP contribution in [0, 0.1) is 15.9 Å². The van der Waals surface area contributed by atoms with Crippen LogP contribution in [-0.4, -0.2) is 21.9 Å². The van der Waals surface area contributed by atoms with Gasteiger partial charge in [0.2, 0.25) is 11.8 Å². The number of nitrogens with one attached hydrogen (secondary N) is 1. The average Bonchev–Trinajstić information content (AvgIpc) is 2.48. The number of nitro groups is 1. The Hall–Kier alpha value is -2.81. The van der Waals surface area contributed by atoms with Gasteiger partial charge in [-0.05, 0) is 17.7 Å². The van der Waals surface area contributed by atoms with Gasteiger partial charge in [0.05, 0.1) is 4.92 Å². The minimum atomic E-state index is -0.573. The van der Waals surface area contributed by atoms with E-state index in [9.17, 15) is 14.5 Å². The van der Waals surface area contributed by atoms with Crippen LogP contribution in [0.4, 0.5) is 21.8 Å². The van der Waals surface area contributed by atoms with E-state index in [1.54, 1.807) is 24.1 Å². The summed E-state index contributed by atoms with van der Waals surface area (Å²) in [6, 6.07) is 5.84. The molecule has 0 fully saturated rings. The molecule has 0 amide bonds. The molecule has 0 atom stereocenters. The number of hydrogen-bond acceptors (Lipinski definition) is 7. The van der Waals surface area contributed by atoms with Crippen LogP contribution >= 0.6 is 0 Å². The summed E-state index contributed by atoms with van der Waals surface area (Å²) in [5, 5.41) is 11.0. The van der Waals surface area contributed by atoms with Gasteiger partial charge in [0.25, 0.3) is 0 Å². The molecule has 110 valence electrons. The van der Waals surface area contributed by atoms with Gasteiger partial charge in [-0.2, -0.15) is 4.98 Å². The summed E-state index contributed by atoms with van der Waals surface area (Å²) in [4.78, 5) is 19.7. The number of nitrogen functional groups attached to an aromatic ring is 1. The van der Waals surface area contributed by atoms with Crippen molar-refractivity contribution in [2.75, 3.05) is 17.4 Å². The second-order valence-electron chi connectivity index (χ2n) is 4.29. The number of rotatable bonds is 5. The monoisotopic (exact) mass is 292 g/mol. The number of anilines is 2. The van der Waals surface area contributed by atoms with Gasteiger partial charge in [0.1, 0.15) is 12.0 Å². The third-order valence-corrected chi connectivity index (χ3v) is 2.77. The number of nitrogens with two attached hydrogens (primary N) is 1. The van der Waals surface area contributed by atoms with E-state index in [4.69, 9.17) is 5.84 Å². The first-order chi connectivity index (χ1) is 10.0. The molecule has 21 heavy (non-hydrogen) atoms. The third-order valence-electron chi connectivity index (χ3n) is 2.77. The fourth-order valence-electron chi connectivity index (χ4n) is 1.78. The lowest BCUT2D eigenvalue weighted by Gasteiger charge is -2.18. The minimum Gasteiger partial charge on any atom is -0.349 e. The number of benzene rings is 1. The highest BCUT2D eigenvalue weighted by Crippen LogP contribution is 2.26. The van der Waals surface area contributed by atoms with Crippen molar-refractivity contribution in [3.8, 4) is 0 Å². The predicted molar refractivity (Wildman–Crippen MR) is 75.0 cm³/mol. The predicted octanol–water partition coefficient (Wildman–Crippen LogP) is 1.45. The summed E-state index contributed by atoms with van der Waals surface area (Å²) in [7, 11) is 1.64. The molecule has 0 saturated heterocycles. The zero-order valence-electron chi connectivity index (χ0n) is 11.2. The zero-order chi connectivity index (χ0) is 15.4. The van der Waals surface area contributed by atoms with E-state index in [2.05, 4.69) is 15.4 Å². The molecule has 0 saturated carbocycles. The van der Waals surface area contributed by atoms with Crippen molar-refractivity contribution in [1.29, 1.82) is 0 Å². The lowest BCUT2D eigenvalue weighted by atomic mass is 10.2. The van der Waals surface area contributed by atoms with Crippen molar-refractivity contribution in [2.24, 2.45) is 5.84 Å². The minimum absolute atomic E-state index is 0.0709. The number of aromatic nitrogens is 2. The normalized spacial score (nSPS) is 10.2. The summed E-state index contributed by atoms with van der Waals surface area (Å²) in [5.41, 5.74) is 2.79. The van der Waals surface area contributed by atoms with Gasteiger partial charge in [0.15, 0.2) is 0 Å². The molecule has 2 rings (SSSR count). The van der Waals surface area contributed by atoms with Gasteiger partial charge >= 0.3 is 5.69 Å². The smallest absolute Gasteiger partial charge is 0.329 e. The largest absolute Gasteiger partial charge is 0.349 e. The van der Waals surface area contributed by atoms with Crippen LogP contribution in [-0.2, 0) is 6.54 Å². The molecule has 1 heterocycles. The standard InChI is InChI=1S/C12H13FN6O2/c1-18(7-8-2-4-9(13)5-3-8)11-10(19(20)21)6-15-12(16-11)17-14/h2-6H,7,14H2,1H3,(H,15,16,17). The molecule has 2 aromatic rings. The zero-order valence-corrected chi connectivity index (χ0v) is 11.2. The molecule has 1 aromatic carbocycles. The van der Waals surface area contributed by atoms with Crippen LogP contribution in [0.5, 0.6) is 0 Å². The van der Waals surface area contributed by atoms with Gasteiger partial charge in [-0.25, -0.2) is 15.2 Å². The Kier molecular flexibility index (Phi) is 4.24. The van der Waals surface area contributed by atoms with Crippen molar-refractivity contribution >= 4 is 17.5 Å². The van der Waals surface area contributed by atoms with Crippen molar-refractivity contribution in [3.05, 3.63) is 52.0 Å². The summed E-state index contributed by atoms with van der Waals surface area (Å²) in [6.45, 7) is 0.322. The van der Waals surface area contributed by atoms with Crippen LogP contribution in [0.1, 0.15) is 5.56 Å². The van der Waals surface area contributed by atoms with E-state index < -0.39 is 4.92 Å². The Labute approximate surface area is 119 Å². The van der Waals surface area contributed by atoms with Gasteiger partial charge in [0, 0.05) is 13.6 Å². The molecule has 0 bridgehead atoms. The van der Waals surface area contributed by atoms with Crippen molar-refractivity contribution in [2.45, 2.75) is 6.54 Å². The Morgan fingerprint density at radius 2 is 2.10 bits per heavy atom. The van der Waals surface area contributed by atoms with Crippen LogP contribution in [0.2, 0.25) is 0 Å². The molecule has 3 N–H and O–H groups in total. The van der Waals surface area contributed by atoms with Crippen molar-refractivity contribution in [3.63, 3.8) is 0 Å². The summed E-state index contributed by atoms with van der Waals surface area (Å²) in [5.74, 6) is 5.05. The molecule has 1 aromatic heterocycles. The number of hydrazine groups is 1. The maximum absolute atomic E-state index is 12.9. The maximum Gasteiger partial charge on any atom is 0.329 e. The molecule has 0 aliphatic heterocycles. The van der Waals surface area contributed by atoms with Gasteiger partial charge < -0.3 is 4.90 Å². The topological polar surface area (TPSA) is 110 Å². The molecular weight excluding hydrogens is 279 g/mol. The Balaban J connectivity index is 2.30. The van der Waals surface area contributed by atoms with Crippen molar-refractivity contribution < 1.29 is 9.31 Å². The van der Waals surface area contributed by atoms with Crippen LogP contribution in [0.25, 0.3) is 0 Å². The van der Waals surface area contributed by atoms with E-state index in [1.165, 1.54) is 12.1 Å². The Bertz CT molecular complexity index is 649. The first-order valence-corrected chi connectivity index (χ1v) is 5.95. The third kappa shape index (κ3) is 3.39. The lowest BCUT2D eigenvalue weighted by molar-refractivity contribution is -0.384. The number of halogens is 1. The van der Waals surface area contributed by atoms with Crippen LogP contribution in [0.15, 0.2) is 30.5 Å². The Morgan fingerprint density at radius 3 is 2.67 bits per heavy atom. The van der Waals surface area contributed by atoms with E-state index in [0.29, 0.717) is 6.54 Å². The number of hydrogen-bond donors (Lipinski definition) is 2. The Morgan fingerprint density at radius 1 is 1.43 bits per heavy atom. The second-order valence-corrected chi connectivity index (χ2v) is 4.29. The molecule has 0 radical (unpaired) electrons. The molecular formula is C12H13FN6O2. The summed E-state index contributed by atoms with van der Waals surface area (Å²) < 4.78 is 12.9. The number of nitrogens with zero attached hydrogens (tertiary/aromatic N) is 4. The SMILES string of the molecule is CN(Cc1ccc(F)cc1)c1nc(NN)ncc1[N+](=O)[O-]. The van der Waals surface area contributed by atoms with E-state index in [-0.39, 0.29) is 23.3 Å². The molecule has 9 heteroatoms. The molecule has 0 aliphatic carbocycles. The first kappa shape index (κ1) is 14.6. The van der Waals surface area contributed by atoms with Crippen LogP contribution < -0.4 is 16.2 Å². The molecule has 0 aliphatic rings. The van der Waals surface area contributed by atoms with Gasteiger partial charge in [-0.15, -0.1) is 0 Å². The van der Waals surface area contributed by atoms with E-state index >= 15 is 0 Å². The van der Waals surface area contributed by atoms with Gasteiger partial charge in [-0.1, -0.05) is 12.1 Å². The summed E-state index contributed by atoms with van der Waals surface area (Å²) >= 11 is 0. The highest BCUT2D eigenvalue weighted by Gasteiger charge is 2.20. The van der Waals surface area contributed by atoms with E-state index in [0.717, 1.165) is 11.8 Å². The quantitative estimate of drug-likeness (QED) is 0.487. The summed E-state index contributed by atoms with van der Waals surface area (Å²) in [6.07, 6.45) is 1.08. The lowest BCUT2D eigenvalue weighted by Crippen LogP contribution is -2.21. The highest BCUT2D eigenvalue weighted by molar-refractivity contribution is 5.58. The fourth-order valence-corrected chi connectivity index (χ4v) is 1.78. The van der Waals surface area contributed by atoms with E-state index in [1.807, 2.05) is 0 Å². The first-order valence-electron chi connectivity index (χ1n) is 5.95. The van der Waals surface area contributed by atoms with Gasteiger partial charge in [-0.3, -0.25) is 15.5 Å².